The van der Waals surface area contributed by atoms with Crippen molar-refractivity contribution < 1.29 is 14.2 Å². The highest BCUT2D eigenvalue weighted by atomic mass is 16.5. The van der Waals surface area contributed by atoms with Crippen LogP contribution in [0.1, 0.15) is 142 Å². The lowest BCUT2D eigenvalue weighted by atomic mass is 10.1. The number of aromatic nitrogens is 12. The number of unbranched alkanes of at least 4 members (excludes halogenated alkanes) is 18. The molecule has 7 aromatic heterocycles. The minimum absolute atomic E-state index is 0.508. The van der Waals surface area contributed by atoms with E-state index < -0.39 is 0 Å². The molecule has 0 fully saturated rings. The van der Waals surface area contributed by atoms with Gasteiger partial charge in [-0.15, -0.1) is 15.3 Å². The molecule has 0 saturated heterocycles. The van der Waals surface area contributed by atoms with Crippen LogP contribution in [0.4, 0.5) is 0 Å². The third kappa shape index (κ3) is 12.7. The highest BCUT2D eigenvalue weighted by Crippen LogP contribution is 2.36. The number of hydrogen-bond acceptors (Lipinski definition) is 9. The molecular weight excluding hydrogens is 1090 g/mol. The summed E-state index contributed by atoms with van der Waals surface area (Å²) >= 11 is 0. The van der Waals surface area contributed by atoms with Crippen molar-refractivity contribution in [2.24, 2.45) is 0 Å². The highest BCUT2D eigenvalue weighted by Gasteiger charge is 2.17. The number of fused-ring (bicyclic) bond motifs is 18. The molecule has 0 aliphatic rings. The highest BCUT2D eigenvalue weighted by molar-refractivity contribution is 6.14. The Hall–Kier alpha value is -7.98. The topological polar surface area (TPSA) is 133 Å². The average molecular weight is 1180 g/mol. The normalized spacial score (nSPS) is 12.3. The molecule has 18 bridgehead atoms. The molecule has 15 nitrogen and oxygen atoms in total. The van der Waals surface area contributed by atoms with E-state index in [9.17, 15) is 0 Å². The second-order valence-electron chi connectivity index (χ2n) is 24.5. The van der Waals surface area contributed by atoms with E-state index in [1.54, 1.807) is 7.11 Å². The van der Waals surface area contributed by atoms with E-state index in [4.69, 9.17) is 45.1 Å². The van der Waals surface area contributed by atoms with Gasteiger partial charge in [0.1, 0.15) is 16.6 Å². The Bertz CT molecular complexity index is 4380. The largest absolute Gasteiger partial charge is 0.382 e. The minimum atomic E-state index is 0.508. The van der Waals surface area contributed by atoms with E-state index in [1.165, 1.54) is 159 Å². The Morgan fingerprint density at radius 3 is 0.955 bits per heavy atom. The van der Waals surface area contributed by atoms with Gasteiger partial charge in [0.15, 0.2) is 0 Å². The van der Waals surface area contributed by atoms with Crippen LogP contribution in [0.5, 0.6) is 0 Å². The standard InChI is InChI=1S/C73H86N12O3/c1-4-6-8-10-12-14-16-18-20-22-36-80-68-30-24-53-44-59(68)63-48-57(28-34-72(63)80)84-52-67(76-78-84)55-26-32-70-61(46-55)64-49-58(29-35-73(64)82(70)38-39-87-42-43-88-41-40-86-3)85-51-66(75-79-85)54-25-31-69-60(45-54)62-47-56(83-50-65(53)74-77-83)27-33-71(62)81(69)37-23-21-19-17-15-13-11-9-7-5-2/h24-35,44-52H,4-23,36-43H2,1-3H3. The number of hydrogen-bond donors (Lipinski definition) is 0. The molecule has 13 aromatic rings. The van der Waals surface area contributed by atoms with Gasteiger partial charge in [-0.25, -0.2) is 13.5 Å². The van der Waals surface area contributed by atoms with Gasteiger partial charge in [-0.3, -0.25) is 0 Å². The maximum Gasteiger partial charge on any atom is 0.113 e. The van der Waals surface area contributed by atoms with Crippen molar-refractivity contribution in [3.05, 3.63) is 128 Å². The molecule has 0 spiro atoms. The van der Waals surface area contributed by atoms with E-state index in [1.807, 2.05) is 13.5 Å². The van der Waals surface area contributed by atoms with Crippen LogP contribution in [0.25, 0.3) is 115 Å². The summed E-state index contributed by atoms with van der Waals surface area (Å²) in [5.41, 5.74) is 12.3. The quantitative estimate of drug-likeness (QED) is 0.0389. The smallest absolute Gasteiger partial charge is 0.113 e. The van der Waals surface area contributed by atoms with Crippen molar-refractivity contribution in [3.8, 4) is 0 Å². The van der Waals surface area contributed by atoms with Crippen LogP contribution >= 0.6 is 0 Å². The van der Waals surface area contributed by atoms with Crippen molar-refractivity contribution in [2.75, 3.05) is 40.1 Å². The number of rotatable bonds is 31. The summed E-state index contributed by atoms with van der Waals surface area (Å²) in [7, 11) is 1.68. The summed E-state index contributed by atoms with van der Waals surface area (Å²) in [4.78, 5) is 0. The van der Waals surface area contributed by atoms with Crippen molar-refractivity contribution in [1.82, 2.24) is 58.2 Å². The molecular formula is C73H86N12O3. The van der Waals surface area contributed by atoms with E-state index in [0.29, 0.717) is 39.6 Å². The molecule has 15 heteroatoms. The van der Waals surface area contributed by atoms with Gasteiger partial charge < -0.3 is 27.9 Å². The van der Waals surface area contributed by atoms with Gasteiger partial charge in [0.25, 0.3) is 0 Å². The molecule has 0 radical (unpaired) electrons. The second kappa shape index (κ2) is 28.0. The molecule has 0 N–H and O–H groups in total. The van der Waals surface area contributed by atoms with Crippen LogP contribution in [0, 0.1) is 0 Å². The molecule has 7 heterocycles. The van der Waals surface area contributed by atoms with Crippen LogP contribution in [0.3, 0.4) is 0 Å². The first-order valence-electron chi connectivity index (χ1n) is 33.2. The Labute approximate surface area is 514 Å². The lowest BCUT2D eigenvalue weighted by Gasteiger charge is -2.09. The first-order valence-corrected chi connectivity index (χ1v) is 33.2. The molecule has 456 valence electrons. The van der Waals surface area contributed by atoms with Crippen molar-refractivity contribution in [3.63, 3.8) is 0 Å². The number of nitrogens with zero attached hydrogens (tertiary/aromatic N) is 12. The molecule has 0 amide bonds. The number of ether oxygens (including phenoxy) is 3. The Kier molecular flexibility index (Phi) is 18.8. The SMILES string of the molecule is CCCCCCCCCCCCn1c2ccc3cc2c2cc(ccc21)n1cc(nn1)c1ccc2c(c1)c1cc(ccc1n2CCCCCCCCCCCC)n1cc(nn1)c1ccc2c(c1)c1cc(ccc1n2CCOCCOCCOC)n1cc3nn1. The van der Waals surface area contributed by atoms with Gasteiger partial charge in [-0.05, 0) is 104 Å². The monoisotopic (exact) mass is 1180 g/mol. The van der Waals surface area contributed by atoms with E-state index in [2.05, 4.69) is 155 Å². The fourth-order valence-electron chi connectivity index (χ4n) is 13.6. The van der Waals surface area contributed by atoms with Gasteiger partial charge in [0, 0.05) is 108 Å². The van der Waals surface area contributed by atoms with Gasteiger partial charge >= 0.3 is 0 Å². The maximum absolute atomic E-state index is 6.14. The summed E-state index contributed by atoms with van der Waals surface area (Å²) in [5.74, 6) is 0. The third-order valence-electron chi connectivity index (χ3n) is 18.4. The van der Waals surface area contributed by atoms with E-state index in [0.717, 1.165) is 97.0 Å². The summed E-state index contributed by atoms with van der Waals surface area (Å²) in [6, 6.07) is 40.3. The first kappa shape index (κ1) is 59.0. The summed E-state index contributed by atoms with van der Waals surface area (Å²) in [5, 5.41) is 38.9. The minimum Gasteiger partial charge on any atom is -0.382 e. The van der Waals surface area contributed by atoms with Gasteiger partial charge in [-0.1, -0.05) is 163 Å². The van der Waals surface area contributed by atoms with Crippen LogP contribution < -0.4 is 0 Å². The Balaban J connectivity index is 0.934. The zero-order valence-corrected chi connectivity index (χ0v) is 52.0. The summed E-state index contributed by atoms with van der Waals surface area (Å²) in [6.45, 7) is 9.83. The van der Waals surface area contributed by atoms with Crippen LogP contribution in [-0.4, -0.2) is 98.3 Å². The number of methoxy groups -OCH3 is 1. The lowest BCUT2D eigenvalue weighted by Crippen LogP contribution is -2.11. The molecule has 0 aliphatic carbocycles. The van der Waals surface area contributed by atoms with E-state index in [-0.39, 0.29) is 0 Å². The van der Waals surface area contributed by atoms with Gasteiger partial charge in [-0.2, -0.15) is 0 Å². The number of aryl methyl sites for hydroxylation is 2. The molecule has 13 rings (SSSR count). The van der Waals surface area contributed by atoms with Gasteiger partial charge in [0.2, 0.25) is 0 Å². The third-order valence-corrected chi connectivity index (χ3v) is 18.4. The summed E-state index contributed by atoms with van der Waals surface area (Å²) in [6.07, 6.45) is 32.3. The fourth-order valence-corrected chi connectivity index (χ4v) is 13.6. The molecule has 0 aliphatic heterocycles. The average Bonchev–Trinajstić information content (AvgIpc) is 1.87. The lowest BCUT2D eigenvalue weighted by molar-refractivity contribution is 0.0234. The zero-order chi connectivity index (χ0) is 59.6. The predicted octanol–water partition coefficient (Wildman–Crippen LogP) is 17.8. The van der Waals surface area contributed by atoms with E-state index >= 15 is 0 Å². The van der Waals surface area contributed by atoms with Crippen LogP contribution in [0.2, 0.25) is 0 Å². The van der Waals surface area contributed by atoms with Crippen molar-refractivity contribution in [1.29, 1.82) is 0 Å². The Morgan fingerprint density at radius 2 is 0.602 bits per heavy atom. The zero-order valence-electron chi connectivity index (χ0n) is 52.0. The van der Waals surface area contributed by atoms with Crippen LogP contribution in [-0.2, 0) is 33.8 Å². The Morgan fingerprint density at radius 1 is 0.307 bits per heavy atom. The summed E-state index contributed by atoms with van der Waals surface area (Å²) < 4.78 is 30.2. The van der Waals surface area contributed by atoms with Gasteiger partial charge in [0.05, 0.1) is 68.2 Å². The molecule has 0 saturated carbocycles. The number of benzene rings is 6. The van der Waals surface area contributed by atoms with Crippen molar-refractivity contribution >= 4 is 115 Å². The molecule has 0 unspecified atom stereocenters. The molecule has 6 aromatic carbocycles. The van der Waals surface area contributed by atoms with Crippen LogP contribution in [0.15, 0.2) is 128 Å². The second-order valence-corrected chi connectivity index (χ2v) is 24.5. The fraction of sp³-hybridized carbons (Fsp3) is 0.425. The molecule has 88 heavy (non-hydrogen) atoms. The predicted molar refractivity (Wildman–Crippen MR) is 361 cm³/mol. The van der Waals surface area contributed by atoms with Crippen molar-refractivity contribution in [2.45, 2.75) is 162 Å². The maximum atomic E-state index is 6.14. The first-order chi connectivity index (χ1) is 43.5. The molecule has 0 atom stereocenters.